The number of hydrogen-bond donors (Lipinski definition) is 2. The van der Waals surface area contributed by atoms with Crippen molar-refractivity contribution in [3.8, 4) is 28.1 Å². The van der Waals surface area contributed by atoms with E-state index < -0.39 is 0 Å². The van der Waals surface area contributed by atoms with Crippen LogP contribution in [0, 0.1) is 6.92 Å². The summed E-state index contributed by atoms with van der Waals surface area (Å²) < 4.78 is 11.2. The molecule has 1 aliphatic heterocycles. The van der Waals surface area contributed by atoms with Crippen molar-refractivity contribution in [2.24, 2.45) is 0 Å². The number of carbonyl (C=O) groups is 1. The summed E-state index contributed by atoms with van der Waals surface area (Å²) in [5.74, 6) is 0.489. The first kappa shape index (κ1) is 23.8. The number of aromatic nitrogens is 2. The fourth-order valence-corrected chi connectivity index (χ4v) is 4.65. The Kier molecular flexibility index (Phi) is 6.84. The summed E-state index contributed by atoms with van der Waals surface area (Å²) in [6.07, 6.45) is 3.01. The number of rotatable bonds is 7. The number of amides is 1. The molecule has 0 saturated carbocycles. The number of carbonyl (C=O) groups excluding carboxylic acids is 1. The Balaban J connectivity index is 1.60. The van der Waals surface area contributed by atoms with Crippen LogP contribution in [0.3, 0.4) is 0 Å². The van der Waals surface area contributed by atoms with Gasteiger partial charge in [0, 0.05) is 37.1 Å². The summed E-state index contributed by atoms with van der Waals surface area (Å²) in [5, 5.41) is 3.82. The van der Waals surface area contributed by atoms with E-state index in [1.54, 1.807) is 13.3 Å². The third-order valence-corrected chi connectivity index (χ3v) is 6.60. The molecule has 4 aromatic rings. The fourth-order valence-electron chi connectivity index (χ4n) is 4.65. The summed E-state index contributed by atoms with van der Waals surface area (Å²) in [4.78, 5) is 22.5. The van der Waals surface area contributed by atoms with E-state index in [2.05, 4.69) is 57.1 Å². The first-order valence-electron chi connectivity index (χ1n) is 12.1. The number of fused-ring (bicyclic) bond motifs is 1. The van der Waals surface area contributed by atoms with Crippen LogP contribution in [0.2, 0.25) is 0 Å². The summed E-state index contributed by atoms with van der Waals surface area (Å²) in [6.45, 7) is 9.93. The maximum Gasteiger partial charge on any atom is 0.247 e. The fraction of sp³-hybridized carbons (Fsp3) is 0.241. The Morgan fingerprint density at radius 1 is 1.17 bits per heavy atom. The van der Waals surface area contributed by atoms with E-state index in [0.717, 1.165) is 83.3 Å². The lowest BCUT2D eigenvalue weighted by atomic mass is 9.96. The van der Waals surface area contributed by atoms with Crippen LogP contribution in [-0.2, 0) is 16.1 Å². The van der Waals surface area contributed by atoms with Gasteiger partial charge in [-0.05, 0) is 47.4 Å². The number of H-pyrrole nitrogens is 1. The van der Waals surface area contributed by atoms with Crippen molar-refractivity contribution >= 4 is 22.6 Å². The van der Waals surface area contributed by atoms with E-state index in [0.29, 0.717) is 0 Å². The van der Waals surface area contributed by atoms with Crippen molar-refractivity contribution in [2.45, 2.75) is 13.5 Å². The van der Waals surface area contributed by atoms with Crippen LogP contribution in [0.15, 0.2) is 67.4 Å². The molecular weight excluding hydrogens is 452 g/mol. The monoisotopic (exact) mass is 482 g/mol. The Hall–Kier alpha value is -3.94. The molecule has 2 aromatic carbocycles. The van der Waals surface area contributed by atoms with Gasteiger partial charge in [-0.1, -0.05) is 43.0 Å². The van der Waals surface area contributed by atoms with E-state index in [9.17, 15) is 4.79 Å². The number of aromatic amines is 1. The van der Waals surface area contributed by atoms with Gasteiger partial charge in [-0.15, -0.1) is 0 Å². The highest BCUT2D eigenvalue weighted by atomic mass is 16.5. The molecule has 5 rings (SSSR count). The molecule has 7 heteroatoms. The molecule has 2 N–H and O–H groups in total. The first-order chi connectivity index (χ1) is 17.6. The van der Waals surface area contributed by atoms with Crippen molar-refractivity contribution in [3.05, 3.63) is 78.5 Å². The summed E-state index contributed by atoms with van der Waals surface area (Å²) in [5.41, 5.74) is 7.63. The van der Waals surface area contributed by atoms with Crippen LogP contribution in [0.4, 0.5) is 5.69 Å². The maximum atomic E-state index is 12.0. The number of hydrogen-bond acceptors (Lipinski definition) is 5. The van der Waals surface area contributed by atoms with Gasteiger partial charge in [0.15, 0.2) is 0 Å². The van der Waals surface area contributed by atoms with E-state index >= 15 is 0 Å². The Bertz CT molecular complexity index is 1400. The van der Waals surface area contributed by atoms with Gasteiger partial charge in [0.25, 0.3) is 0 Å². The Labute approximate surface area is 210 Å². The molecule has 1 aliphatic rings. The smallest absolute Gasteiger partial charge is 0.247 e. The van der Waals surface area contributed by atoms with Gasteiger partial charge < -0.3 is 19.8 Å². The van der Waals surface area contributed by atoms with E-state index in [1.165, 1.54) is 11.6 Å². The minimum absolute atomic E-state index is 0.246. The standard InChI is InChI=1S/C29H30N4O3/c1-4-25(34)31-23-17-22(8-5-19(23)2)26-27-24(35-3)11-12-30-29(27)32-28(26)21-9-6-20(7-10-21)18-33-13-15-36-16-14-33/h4-12,17H,1,13-16,18H2,2-3H3,(H,30,32)(H,31,34). The van der Waals surface area contributed by atoms with Gasteiger partial charge in [-0.2, -0.15) is 0 Å². The number of pyridine rings is 1. The van der Waals surface area contributed by atoms with Gasteiger partial charge in [0.05, 0.1) is 31.4 Å². The molecule has 0 bridgehead atoms. The molecule has 7 nitrogen and oxygen atoms in total. The lowest BCUT2D eigenvalue weighted by Crippen LogP contribution is -2.35. The summed E-state index contributed by atoms with van der Waals surface area (Å²) in [7, 11) is 1.66. The van der Waals surface area contributed by atoms with Gasteiger partial charge in [0.2, 0.25) is 5.91 Å². The minimum atomic E-state index is -0.246. The number of aryl methyl sites for hydroxylation is 1. The lowest BCUT2D eigenvalue weighted by molar-refractivity contribution is -0.111. The number of benzene rings is 2. The second-order valence-electron chi connectivity index (χ2n) is 8.92. The van der Waals surface area contributed by atoms with Crippen LogP contribution in [0.1, 0.15) is 11.1 Å². The maximum absolute atomic E-state index is 12.0. The van der Waals surface area contributed by atoms with Crippen LogP contribution in [0.25, 0.3) is 33.4 Å². The van der Waals surface area contributed by atoms with Gasteiger partial charge in [0.1, 0.15) is 11.4 Å². The van der Waals surface area contributed by atoms with Crippen molar-refractivity contribution in [3.63, 3.8) is 0 Å². The zero-order valence-corrected chi connectivity index (χ0v) is 20.6. The highest BCUT2D eigenvalue weighted by molar-refractivity contribution is 6.06. The van der Waals surface area contributed by atoms with Crippen molar-refractivity contribution < 1.29 is 14.3 Å². The number of morpholine rings is 1. The number of nitrogens with zero attached hydrogens (tertiary/aromatic N) is 2. The average Bonchev–Trinajstić information content (AvgIpc) is 3.31. The molecule has 1 saturated heterocycles. The third-order valence-electron chi connectivity index (χ3n) is 6.60. The minimum Gasteiger partial charge on any atom is -0.496 e. The van der Waals surface area contributed by atoms with Crippen LogP contribution in [-0.4, -0.2) is 54.2 Å². The highest BCUT2D eigenvalue weighted by Gasteiger charge is 2.20. The number of nitrogens with one attached hydrogen (secondary N) is 2. The molecule has 0 radical (unpaired) electrons. The lowest BCUT2D eigenvalue weighted by Gasteiger charge is -2.26. The molecule has 36 heavy (non-hydrogen) atoms. The predicted molar refractivity (Wildman–Crippen MR) is 143 cm³/mol. The van der Waals surface area contributed by atoms with Gasteiger partial charge in [-0.3, -0.25) is 9.69 Å². The Morgan fingerprint density at radius 2 is 1.92 bits per heavy atom. The molecule has 184 valence electrons. The number of ether oxygens (including phenoxy) is 2. The second-order valence-corrected chi connectivity index (χ2v) is 8.92. The molecule has 0 spiro atoms. The molecule has 0 aliphatic carbocycles. The molecule has 1 amide bonds. The zero-order valence-electron chi connectivity index (χ0n) is 20.6. The molecule has 1 fully saturated rings. The summed E-state index contributed by atoms with van der Waals surface area (Å²) in [6, 6.07) is 16.6. The summed E-state index contributed by atoms with van der Waals surface area (Å²) >= 11 is 0. The average molecular weight is 483 g/mol. The largest absolute Gasteiger partial charge is 0.496 e. The van der Waals surface area contributed by atoms with Crippen LogP contribution < -0.4 is 10.1 Å². The van der Waals surface area contributed by atoms with E-state index in [-0.39, 0.29) is 5.91 Å². The normalized spacial score (nSPS) is 14.1. The highest BCUT2D eigenvalue weighted by Crippen LogP contribution is 2.42. The molecule has 3 heterocycles. The number of anilines is 1. The first-order valence-corrected chi connectivity index (χ1v) is 12.1. The van der Waals surface area contributed by atoms with Gasteiger partial charge in [-0.25, -0.2) is 4.98 Å². The third kappa shape index (κ3) is 4.76. The van der Waals surface area contributed by atoms with Crippen molar-refractivity contribution in [1.82, 2.24) is 14.9 Å². The Morgan fingerprint density at radius 3 is 2.64 bits per heavy atom. The van der Waals surface area contributed by atoms with Crippen molar-refractivity contribution in [2.75, 3.05) is 38.7 Å². The topological polar surface area (TPSA) is 79.5 Å². The van der Waals surface area contributed by atoms with Gasteiger partial charge >= 0.3 is 0 Å². The zero-order chi connectivity index (χ0) is 25.1. The SMILES string of the molecule is C=CC(=O)Nc1cc(-c2c(-c3ccc(CN4CCOCC4)cc3)[nH]c3nccc(OC)c23)ccc1C. The molecular formula is C29H30N4O3. The molecule has 0 unspecified atom stereocenters. The second kappa shape index (κ2) is 10.4. The van der Waals surface area contributed by atoms with Crippen molar-refractivity contribution in [1.29, 1.82) is 0 Å². The molecule has 2 aromatic heterocycles. The van der Waals surface area contributed by atoms with E-state index in [1.807, 2.05) is 25.1 Å². The predicted octanol–water partition coefficient (Wildman–Crippen LogP) is 5.17. The molecule has 0 atom stereocenters. The van der Waals surface area contributed by atoms with Crippen LogP contribution >= 0.6 is 0 Å². The number of methoxy groups -OCH3 is 1. The van der Waals surface area contributed by atoms with E-state index in [4.69, 9.17) is 9.47 Å². The van der Waals surface area contributed by atoms with Crippen LogP contribution in [0.5, 0.6) is 5.75 Å². The quantitative estimate of drug-likeness (QED) is 0.355.